The van der Waals surface area contributed by atoms with Crippen LogP contribution < -0.4 is 10.1 Å². The van der Waals surface area contributed by atoms with E-state index in [-0.39, 0.29) is 12.2 Å². The predicted octanol–water partition coefficient (Wildman–Crippen LogP) is 1.70. The van der Waals surface area contributed by atoms with Crippen LogP contribution in [0.15, 0.2) is 29.3 Å². The molecular formula is C23H34N6O3. The van der Waals surface area contributed by atoms with Gasteiger partial charge in [-0.1, -0.05) is 12.1 Å². The molecule has 3 heterocycles. The molecule has 4 rings (SSSR count). The van der Waals surface area contributed by atoms with Crippen LogP contribution in [-0.4, -0.2) is 77.8 Å². The first kappa shape index (κ1) is 22.5. The Kier molecular flexibility index (Phi) is 7.59. The van der Waals surface area contributed by atoms with Gasteiger partial charge in [0.1, 0.15) is 24.2 Å². The van der Waals surface area contributed by atoms with Crippen molar-refractivity contribution in [3.8, 4) is 5.75 Å². The van der Waals surface area contributed by atoms with Crippen molar-refractivity contribution in [2.75, 3.05) is 40.0 Å². The van der Waals surface area contributed by atoms with Gasteiger partial charge in [0.15, 0.2) is 11.8 Å². The molecule has 1 N–H and O–H groups in total. The molecule has 0 radical (unpaired) electrons. The number of ether oxygens (including phenoxy) is 3. The van der Waals surface area contributed by atoms with Crippen LogP contribution >= 0.6 is 0 Å². The van der Waals surface area contributed by atoms with Crippen molar-refractivity contribution in [1.82, 2.24) is 25.0 Å². The molecule has 2 unspecified atom stereocenters. The summed E-state index contributed by atoms with van der Waals surface area (Å²) in [7, 11) is 3.66. The van der Waals surface area contributed by atoms with E-state index in [4.69, 9.17) is 19.2 Å². The Hall–Kier alpha value is -2.65. The number of morpholine rings is 1. The number of rotatable bonds is 7. The second-order valence-electron chi connectivity index (χ2n) is 8.29. The van der Waals surface area contributed by atoms with Gasteiger partial charge in [-0.2, -0.15) is 0 Å². The fourth-order valence-electron chi connectivity index (χ4n) is 4.10. The first-order valence-corrected chi connectivity index (χ1v) is 11.4. The van der Waals surface area contributed by atoms with E-state index < -0.39 is 0 Å². The Bertz CT molecular complexity index is 892. The van der Waals surface area contributed by atoms with Crippen molar-refractivity contribution in [3.05, 3.63) is 41.5 Å². The third-order valence-corrected chi connectivity index (χ3v) is 6.18. The van der Waals surface area contributed by atoms with Crippen LogP contribution in [0.1, 0.15) is 30.1 Å². The van der Waals surface area contributed by atoms with Gasteiger partial charge in [0, 0.05) is 33.3 Å². The van der Waals surface area contributed by atoms with Gasteiger partial charge in [0.2, 0.25) is 0 Å². The minimum absolute atomic E-state index is 0.0805. The van der Waals surface area contributed by atoms with Crippen LogP contribution in [0.5, 0.6) is 5.75 Å². The van der Waals surface area contributed by atoms with E-state index in [9.17, 15) is 0 Å². The second-order valence-corrected chi connectivity index (χ2v) is 8.29. The fraction of sp³-hybridized carbons (Fsp3) is 0.609. The Morgan fingerprint density at radius 2 is 2.00 bits per heavy atom. The number of methoxy groups -OCH3 is 1. The molecular weight excluding hydrogens is 408 g/mol. The largest absolute Gasteiger partial charge is 0.497 e. The minimum Gasteiger partial charge on any atom is -0.497 e. The summed E-state index contributed by atoms with van der Waals surface area (Å²) in [6.45, 7) is 6.29. The molecule has 0 aliphatic carbocycles. The number of aryl methyl sites for hydroxylation is 1. The van der Waals surface area contributed by atoms with Gasteiger partial charge in [0.05, 0.1) is 19.8 Å². The number of hydrogen-bond donors (Lipinski definition) is 1. The third-order valence-electron chi connectivity index (χ3n) is 6.18. The van der Waals surface area contributed by atoms with Crippen LogP contribution in [0.4, 0.5) is 0 Å². The van der Waals surface area contributed by atoms with Gasteiger partial charge < -0.3 is 29.0 Å². The molecule has 9 heteroatoms. The average molecular weight is 443 g/mol. The fourth-order valence-corrected chi connectivity index (χ4v) is 4.10. The number of guanidine groups is 1. The Labute approximate surface area is 189 Å². The molecule has 0 bridgehead atoms. The quantitative estimate of drug-likeness (QED) is 0.516. The Balaban J connectivity index is 1.42. The first-order chi connectivity index (χ1) is 15.6. The SMILES string of the molecule is COc1ccc(CCNC(=NCc2nnc(C)n2C)N2CCOC(C3CCCO3)C2)cc1. The highest BCUT2D eigenvalue weighted by Crippen LogP contribution is 2.21. The zero-order valence-electron chi connectivity index (χ0n) is 19.3. The van der Waals surface area contributed by atoms with Gasteiger partial charge in [-0.25, -0.2) is 4.99 Å². The lowest BCUT2D eigenvalue weighted by Crippen LogP contribution is -2.53. The van der Waals surface area contributed by atoms with Crippen molar-refractivity contribution in [1.29, 1.82) is 0 Å². The molecule has 2 aromatic rings. The molecule has 2 fully saturated rings. The Morgan fingerprint density at radius 3 is 2.69 bits per heavy atom. The summed E-state index contributed by atoms with van der Waals surface area (Å²) in [5.74, 6) is 3.48. The maximum absolute atomic E-state index is 6.04. The molecule has 2 atom stereocenters. The highest BCUT2D eigenvalue weighted by Gasteiger charge is 2.32. The monoisotopic (exact) mass is 442 g/mol. The van der Waals surface area contributed by atoms with E-state index in [1.807, 2.05) is 30.7 Å². The zero-order valence-corrected chi connectivity index (χ0v) is 19.3. The number of nitrogens with one attached hydrogen (secondary N) is 1. The smallest absolute Gasteiger partial charge is 0.194 e. The molecule has 9 nitrogen and oxygen atoms in total. The van der Waals surface area contributed by atoms with Crippen LogP contribution in [0.2, 0.25) is 0 Å². The molecule has 2 aliphatic rings. The zero-order chi connectivity index (χ0) is 22.3. The summed E-state index contributed by atoms with van der Waals surface area (Å²) in [4.78, 5) is 7.19. The summed E-state index contributed by atoms with van der Waals surface area (Å²) in [6, 6.07) is 8.19. The number of hydrogen-bond acceptors (Lipinski definition) is 6. The van der Waals surface area contributed by atoms with Crippen LogP contribution in [-0.2, 0) is 29.5 Å². The van der Waals surface area contributed by atoms with E-state index in [1.165, 1.54) is 5.56 Å². The topological polar surface area (TPSA) is 86.0 Å². The van der Waals surface area contributed by atoms with E-state index in [0.717, 1.165) is 68.9 Å². The summed E-state index contributed by atoms with van der Waals surface area (Å²) in [6.07, 6.45) is 3.33. The Morgan fingerprint density at radius 1 is 1.19 bits per heavy atom. The molecule has 32 heavy (non-hydrogen) atoms. The second kappa shape index (κ2) is 10.8. The maximum atomic E-state index is 6.04. The van der Waals surface area contributed by atoms with Crippen LogP contribution in [0.25, 0.3) is 0 Å². The van der Waals surface area contributed by atoms with Crippen molar-refractivity contribution in [2.45, 2.75) is 44.9 Å². The van der Waals surface area contributed by atoms with Crippen molar-refractivity contribution in [2.24, 2.45) is 12.0 Å². The molecule has 2 aliphatic heterocycles. The lowest BCUT2D eigenvalue weighted by atomic mass is 10.1. The van der Waals surface area contributed by atoms with Gasteiger partial charge in [0.25, 0.3) is 0 Å². The summed E-state index contributed by atoms with van der Waals surface area (Å²) in [5.41, 5.74) is 1.25. The van der Waals surface area contributed by atoms with Crippen LogP contribution in [0.3, 0.4) is 0 Å². The van der Waals surface area contributed by atoms with Crippen LogP contribution in [0, 0.1) is 6.92 Å². The maximum Gasteiger partial charge on any atom is 0.194 e. The number of benzene rings is 1. The van der Waals surface area contributed by atoms with Gasteiger partial charge in [-0.3, -0.25) is 0 Å². The summed E-state index contributed by atoms with van der Waals surface area (Å²) >= 11 is 0. The lowest BCUT2D eigenvalue weighted by molar-refractivity contribution is -0.0817. The van der Waals surface area contributed by atoms with E-state index in [0.29, 0.717) is 13.2 Å². The first-order valence-electron chi connectivity index (χ1n) is 11.4. The molecule has 1 aromatic heterocycles. The summed E-state index contributed by atoms with van der Waals surface area (Å²) < 4.78 is 19.1. The normalized spacial score (nSPS) is 21.7. The third kappa shape index (κ3) is 5.58. The molecule has 0 spiro atoms. The average Bonchev–Trinajstić information content (AvgIpc) is 3.48. The molecule has 174 valence electrons. The molecule has 2 saturated heterocycles. The van der Waals surface area contributed by atoms with Crippen molar-refractivity contribution in [3.63, 3.8) is 0 Å². The van der Waals surface area contributed by atoms with E-state index in [1.54, 1.807) is 7.11 Å². The lowest BCUT2D eigenvalue weighted by Gasteiger charge is -2.37. The predicted molar refractivity (Wildman–Crippen MR) is 122 cm³/mol. The summed E-state index contributed by atoms with van der Waals surface area (Å²) in [5, 5.41) is 12.0. The molecule has 0 saturated carbocycles. The standard InChI is InChI=1S/C23H34N6O3/c1-17-26-27-22(28(17)2)15-25-23(24-11-10-18-6-8-19(30-3)9-7-18)29-12-14-32-21(16-29)20-5-4-13-31-20/h6-9,20-21H,4-5,10-16H2,1-3H3,(H,24,25). The highest BCUT2D eigenvalue weighted by molar-refractivity contribution is 5.80. The number of nitrogens with zero attached hydrogens (tertiary/aromatic N) is 5. The van der Waals surface area contributed by atoms with E-state index in [2.05, 4.69) is 32.5 Å². The van der Waals surface area contributed by atoms with E-state index >= 15 is 0 Å². The van der Waals surface area contributed by atoms with Gasteiger partial charge in [-0.05, 0) is 43.9 Å². The number of aromatic nitrogens is 3. The molecule has 1 aromatic carbocycles. The number of aliphatic imine (C=N–C) groups is 1. The van der Waals surface area contributed by atoms with Crippen molar-refractivity contribution < 1.29 is 14.2 Å². The minimum atomic E-state index is 0.0805. The highest BCUT2D eigenvalue weighted by atomic mass is 16.5. The van der Waals surface area contributed by atoms with Crippen molar-refractivity contribution >= 4 is 5.96 Å². The molecule has 0 amide bonds. The van der Waals surface area contributed by atoms with Gasteiger partial charge in [-0.15, -0.1) is 10.2 Å². The van der Waals surface area contributed by atoms with Gasteiger partial charge >= 0.3 is 0 Å².